The number of hydrogen-bond donors (Lipinski definition) is 0. The number of aryl methyl sites for hydroxylation is 2. The molecule has 0 atom stereocenters. The summed E-state index contributed by atoms with van der Waals surface area (Å²) in [6.07, 6.45) is 5.82. The zero-order valence-corrected chi connectivity index (χ0v) is 12.3. The van der Waals surface area contributed by atoms with Gasteiger partial charge in [-0.05, 0) is 32.7 Å². The van der Waals surface area contributed by atoms with E-state index in [1.54, 1.807) is 7.11 Å². The molecule has 0 bridgehead atoms. The minimum atomic E-state index is 0.513. The van der Waals surface area contributed by atoms with Gasteiger partial charge in [0.25, 0.3) is 0 Å². The van der Waals surface area contributed by atoms with Crippen molar-refractivity contribution in [2.75, 3.05) is 7.11 Å². The summed E-state index contributed by atoms with van der Waals surface area (Å²) in [7, 11) is 3.61. The molecule has 0 fully saturated rings. The molecule has 0 aliphatic rings. The van der Waals surface area contributed by atoms with Crippen LogP contribution in [0.3, 0.4) is 0 Å². The number of aliphatic imine (C=N–C) groups is 1. The molecular weight excluding hydrogens is 250 g/mol. The van der Waals surface area contributed by atoms with Crippen LogP contribution >= 0.6 is 0 Å². The van der Waals surface area contributed by atoms with E-state index < -0.39 is 0 Å². The zero-order valence-electron chi connectivity index (χ0n) is 12.3. The fourth-order valence-corrected chi connectivity index (χ4v) is 2.29. The minimum Gasteiger partial charge on any atom is -0.481 e. The number of fused-ring (bicyclic) bond motifs is 1. The topological polar surface area (TPSA) is 39.4 Å². The second-order valence-electron chi connectivity index (χ2n) is 4.55. The Labute approximate surface area is 119 Å². The van der Waals surface area contributed by atoms with Gasteiger partial charge in [0.15, 0.2) is 0 Å². The molecule has 0 aliphatic carbocycles. The number of aromatic nitrogens is 2. The van der Waals surface area contributed by atoms with Gasteiger partial charge in [0.2, 0.25) is 5.88 Å². The van der Waals surface area contributed by atoms with Crippen molar-refractivity contribution in [3.8, 4) is 0 Å². The molecule has 0 saturated heterocycles. The molecular formula is C16H19N3O. The van der Waals surface area contributed by atoms with Gasteiger partial charge in [0.05, 0.1) is 30.1 Å². The minimum absolute atomic E-state index is 0.513. The SMILES string of the molecule is C=N/C(OC)=C(\C=CC)c1cc2cc(C)ncc2n1C. The lowest BCUT2D eigenvalue weighted by Gasteiger charge is -2.08. The molecule has 2 rings (SSSR count). The molecule has 20 heavy (non-hydrogen) atoms. The molecule has 104 valence electrons. The van der Waals surface area contributed by atoms with E-state index >= 15 is 0 Å². The zero-order chi connectivity index (χ0) is 14.7. The number of methoxy groups -OCH3 is 1. The molecule has 4 nitrogen and oxygen atoms in total. The second kappa shape index (κ2) is 5.74. The largest absolute Gasteiger partial charge is 0.481 e. The van der Waals surface area contributed by atoms with Crippen LogP contribution in [0.5, 0.6) is 0 Å². The van der Waals surface area contributed by atoms with Crippen LogP contribution in [0.4, 0.5) is 0 Å². The Hall–Kier alpha value is -2.36. The molecule has 0 aromatic carbocycles. The molecule has 0 spiro atoms. The van der Waals surface area contributed by atoms with Crippen molar-refractivity contribution >= 4 is 23.2 Å². The normalized spacial score (nSPS) is 12.8. The molecule has 2 aromatic rings. The Morgan fingerprint density at radius 2 is 2.20 bits per heavy atom. The van der Waals surface area contributed by atoms with Crippen molar-refractivity contribution in [2.24, 2.45) is 12.0 Å². The van der Waals surface area contributed by atoms with Crippen molar-refractivity contribution in [2.45, 2.75) is 13.8 Å². The molecule has 0 N–H and O–H groups in total. The third-order valence-corrected chi connectivity index (χ3v) is 3.24. The van der Waals surface area contributed by atoms with Gasteiger partial charge in [-0.3, -0.25) is 4.98 Å². The van der Waals surface area contributed by atoms with E-state index in [-0.39, 0.29) is 0 Å². The molecule has 2 aromatic heterocycles. The van der Waals surface area contributed by atoms with Crippen LogP contribution in [0.2, 0.25) is 0 Å². The summed E-state index contributed by atoms with van der Waals surface area (Å²) >= 11 is 0. The van der Waals surface area contributed by atoms with E-state index in [1.165, 1.54) is 0 Å². The van der Waals surface area contributed by atoms with E-state index in [0.29, 0.717) is 5.88 Å². The van der Waals surface area contributed by atoms with Gasteiger partial charge < -0.3 is 9.30 Å². The van der Waals surface area contributed by atoms with Crippen molar-refractivity contribution in [3.63, 3.8) is 0 Å². The van der Waals surface area contributed by atoms with Crippen LogP contribution in [-0.4, -0.2) is 23.4 Å². The highest BCUT2D eigenvalue weighted by Crippen LogP contribution is 2.27. The van der Waals surface area contributed by atoms with Crippen molar-refractivity contribution in [1.82, 2.24) is 9.55 Å². The van der Waals surface area contributed by atoms with Crippen molar-refractivity contribution in [1.29, 1.82) is 0 Å². The van der Waals surface area contributed by atoms with E-state index in [2.05, 4.69) is 33.4 Å². The average Bonchev–Trinajstić information content (AvgIpc) is 2.75. The Balaban J connectivity index is 2.75. The second-order valence-corrected chi connectivity index (χ2v) is 4.55. The van der Waals surface area contributed by atoms with Crippen LogP contribution in [0.1, 0.15) is 18.3 Å². The maximum absolute atomic E-state index is 5.31. The van der Waals surface area contributed by atoms with Crippen LogP contribution in [0, 0.1) is 6.92 Å². The van der Waals surface area contributed by atoms with Gasteiger partial charge in [0.1, 0.15) is 0 Å². The first-order chi connectivity index (χ1) is 9.62. The first kappa shape index (κ1) is 14.1. The van der Waals surface area contributed by atoms with Gasteiger partial charge in [-0.1, -0.05) is 12.2 Å². The number of ether oxygens (including phenoxy) is 1. The standard InChI is InChI=1S/C16H19N3O/c1-6-7-13(16(17-3)20-5)14-9-12-8-11(2)18-10-15(12)19(14)4/h6-10H,3H2,1-2,4-5H3/b7-6?,16-13-. The lowest BCUT2D eigenvalue weighted by atomic mass is 10.1. The smallest absolute Gasteiger partial charge is 0.221 e. The molecule has 2 heterocycles. The Bertz CT molecular complexity index is 708. The maximum atomic E-state index is 5.31. The lowest BCUT2D eigenvalue weighted by molar-refractivity contribution is 0.291. The quantitative estimate of drug-likeness (QED) is 0.484. The maximum Gasteiger partial charge on any atom is 0.221 e. The molecule has 0 amide bonds. The number of hydrogen-bond acceptors (Lipinski definition) is 3. The highest BCUT2D eigenvalue weighted by atomic mass is 16.5. The Kier molecular flexibility index (Phi) is 4.03. The molecule has 0 unspecified atom stereocenters. The van der Waals surface area contributed by atoms with Crippen LogP contribution < -0.4 is 0 Å². The van der Waals surface area contributed by atoms with Crippen LogP contribution in [0.25, 0.3) is 16.5 Å². The average molecular weight is 269 g/mol. The molecule has 4 heteroatoms. The van der Waals surface area contributed by atoms with Crippen LogP contribution in [0.15, 0.2) is 41.4 Å². The summed E-state index contributed by atoms with van der Waals surface area (Å²) in [6, 6.07) is 4.18. The predicted molar refractivity (Wildman–Crippen MR) is 83.7 cm³/mol. The van der Waals surface area contributed by atoms with E-state index in [1.807, 2.05) is 39.2 Å². The Morgan fingerprint density at radius 3 is 2.80 bits per heavy atom. The third kappa shape index (κ3) is 2.37. The molecule has 0 saturated carbocycles. The third-order valence-electron chi connectivity index (χ3n) is 3.24. The number of pyridine rings is 1. The number of rotatable bonds is 4. The van der Waals surface area contributed by atoms with Gasteiger partial charge in [0, 0.05) is 18.1 Å². The monoisotopic (exact) mass is 269 g/mol. The summed E-state index contributed by atoms with van der Waals surface area (Å²) in [4.78, 5) is 8.31. The van der Waals surface area contributed by atoms with Crippen molar-refractivity contribution in [3.05, 3.63) is 47.8 Å². The first-order valence-electron chi connectivity index (χ1n) is 6.42. The highest BCUT2D eigenvalue weighted by Gasteiger charge is 2.13. The molecule has 0 aliphatic heterocycles. The lowest BCUT2D eigenvalue weighted by Crippen LogP contribution is -1.98. The van der Waals surface area contributed by atoms with Gasteiger partial charge in [-0.2, -0.15) is 0 Å². The summed E-state index contributed by atoms with van der Waals surface area (Å²) in [5.41, 5.74) is 4.00. The summed E-state index contributed by atoms with van der Waals surface area (Å²) < 4.78 is 7.40. The number of allylic oxidation sites excluding steroid dienone is 3. The van der Waals surface area contributed by atoms with Crippen LogP contribution in [-0.2, 0) is 11.8 Å². The highest BCUT2D eigenvalue weighted by molar-refractivity contribution is 5.88. The Morgan fingerprint density at radius 1 is 1.45 bits per heavy atom. The fraction of sp³-hybridized carbons (Fsp3) is 0.250. The summed E-state index contributed by atoms with van der Waals surface area (Å²) in [5.74, 6) is 0.513. The summed E-state index contributed by atoms with van der Waals surface area (Å²) in [5, 5.41) is 1.15. The van der Waals surface area contributed by atoms with E-state index in [4.69, 9.17) is 4.74 Å². The first-order valence-corrected chi connectivity index (χ1v) is 6.42. The number of nitrogens with zero attached hydrogens (tertiary/aromatic N) is 3. The van der Waals surface area contributed by atoms with Gasteiger partial charge in [-0.15, -0.1) is 0 Å². The van der Waals surface area contributed by atoms with E-state index in [9.17, 15) is 0 Å². The van der Waals surface area contributed by atoms with Gasteiger partial charge >= 0.3 is 0 Å². The summed E-state index contributed by atoms with van der Waals surface area (Å²) in [6.45, 7) is 7.52. The van der Waals surface area contributed by atoms with Gasteiger partial charge in [-0.25, -0.2) is 4.99 Å². The molecule has 0 radical (unpaired) electrons. The predicted octanol–water partition coefficient (Wildman–Crippen LogP) is 3.47. The fourth-order valence-electron chi connectivity index (χ4n) is 2.29. The van der Waals surface area contributed by atoms with E-state index in [0.717, 1.165) is 27.9 Å². The van der Waals surface area contributed by atoms with Crippen molar-refractivity contribution < 1.29 is 4.74 Å².